The van der Waals surface area contributed by atoms with Crippen LogP contribution < -0.4 is 10.1 Å². The lowest BCUT2D eigenvalue weighted by Gasteiger charge is -2.33. The molecule has 0 bridgehead atoms. The zero-order valence-electron chi connectivity index (χ0n) is 12.9. The zero-order chi connectivity index (χ0) is 15.7. The maximum absolute atomic E-state index is 13.9. The normalized spacial score (nSPS) is 16.3. The summed E-state index contributed by atoms with van der Waals surface area (Å²) >= 11 is 0. The van der Waals surface area contributed by atoms with Crippen molar-refractivity contribution in [3.8, 4) is 5.88 Å². The molecule has 0 spiro atoms. The molecule has 1 fully saturated rings. The number of pyridine rings is 1. The van der Waals surface area contributed by atoms with Crippen molar-refractivity contribution in [1.82, 2.24) is 14.9 Å². The predicted molar refractivity (Wildman–Crippen MR) is 81.9 cm³/mol. The Morgan fingerprint density at radius 2 is 2.32 bits per heavy atom. The summed E-state index contributed by atoms with van der Waals surface area (Å²) in [6.45, 7) is 0.353. The largest absolute Gasteiger partial charge is 0.479 e. The van der Waals surface area contributed by atoms with Gasteiger partial charge in [0.25, 0.3) is 5.91 Å². The Labute approximate surface area is 128 Å². The minimum atomic E-state index is -1.07. The van der Waals surface area contributed by atoms with Gasteiger partial charge in [-0.05, 0) is 37.8 Å². The second-order valence-electron chi connectivity index (χ2n) is 5.86. The number of aryl methyl sites for hydroxylation is 1. The Morgan fingerprint density at radius 1 is 1.55 bits per heavy atom. The van der Waals surface area contributed by atoms with E-state index in [-0.39, 0.29) is 5.91 Å². The van der Waals surface area contributed by atoms with E-state index in [1.54, 1.807) is 31.0 Å². The monoisotopic (exact) mass is 305 g/mol. The minimum absolute atomic E-state index is 0.205. The molecule has 5 nitrogen and oxygen atoms in total. The molecule has 2 aromatic rings. The Morgan fingerprint density at radius 3 is 2.95 bits per heavy atom. The fraction of sp³-hybridized carbons (Fsp3) is 0.500. The van der Waals surface area contributed by atoms with Gasteiger partial charge in [0.05, 0.1) is 7.11 Å². The van der Waals surface area contributed by atoms with Gasteiger partial charge in [-0.2, -0.15) is 0 Å². The van der Waals surface area contributed by atoms with E-state index in [1.165, 1.54) is 0 Å². The van der Waals surface area contributed by atoms with Crippen molar-refractivity contribution in [2.24, 2.45) is 7.05 Å². The average molecular weight is 305 g/mol. The van der Waals surface area contributed by atoms with Gasteiger partial charge in [-0.15, -0.1) is 0 Å². The van der Waals surface area contributed by atoms with E-state index in [4.69, 9.17) is 4.74 Å². The highest BCUT2D eigenvalue weighted by Crippen LogP contribution is 2.38. The number of hydrogen-bond donors (Lipinski definition) is 1. The van der Waals surface area contributed by atoms with E-state index < -0.39 is 5.67 Å². The number of halogens is 1. The molecule has 22 heavy (non-hydrogen) atoms. The summed E-state index contributed by atoms with van der Waals surface area (Å²) in [7, 11) is 3.35. The predicted octanol–water partition coefficient (Wildman–Crippen LogP) is 2.59. The molecule has 118 valence electrons. The topological polar surface area (TPSA) is 56.1 Å². The molecule has 1 amide bonds. The molecule has 1 saturated carbocycles. The van der Waals surface area contributed by atoms with Crippen LogP contribution in [0.15, 0.2) is 18.3 Å². The first-order chi connectivity index (χ1) is 10.5. The summed E-state index contributed by atoms with van der Waals surface area (Å²) in [6.07, 6.45) is 4.19. The Bertz CT molecular complexity index is 707. The third-order valence-electron chi connectivity index (χ3n) is 4.45. The summed E-state index contributed by atoms with van der Waals surface area (Å²) in [6, 6.07) is 3.63. The highest BCUT2D eigenvalue weighted by molar-refractivity contribution is 5.99. The van der Waals surface area contributed by atoms with Gasteiger partial charge in [-0.1, -0.05) is 0 Å². The van der Waals surface area contributed by atoms with Gasteiger partial charge >= 0.3 is 0 Å². The number of aromatic nitrogens is 2. The third kappa shape index (κ3) is 2.53. The van der Waals surface area contributed by atoms with E-state index >= 15 is 0 Å². The fourth-order valence-corrected chi connectivity index (χ4v) is 2.94. The molecule has 0 saturated heterocycles. The van der Waals surface area contributed by atoms with Crippen molar-refractivity contribution in [1.29, 1.82) is 0 Å². The number of nitrogens with zero attached hydrogens (tertiary/aromatic N) is 2. The highest BCUT2D eigenvalue weighted by atomic mass is 19.1. The second kappa shape index (κ2) is 5.59. The van der Waals surface area contributed by atoms with Crippen molar-refractivity contribution in [3.05, 3.63) is 24.0 Å². The number of carbonyl (C=O) groups excluding carboxylic acids is 1. The quantitative estimate of drug-likeness (QED) is 0.924. The van der Waals surface area contributed by atoms with E-state index in [0.717, 1.165) is 17.3 Å². The van der Waals surface area contributed by atoms with E-state index in [1.807, 2.05) is 6.07 Å². The molecule has 1 aliphatic carbocycles. The van der Waals surface area contributed by atoms with Crippen molar-refractivity contribution in [2.75, 3.05) is 13.7 Å². The van der Waals surface area contributed by atoms with Gasteiger partial charge in [0.15, 0.2) is 0 Å². The lowest BCUT2D eigenvalue weighted by atomic mass is 9.80. The molecule has 0 radical (unpaired) electrons. The third-order valence-corrected chi connectivity index (χ3v) is 4.45. The Hall–Kier alpha value is -2.11. The van der Waals surface area contributed by atoms with Gasteiger partial charge in [-0.3, -0.25) is 4.79 Å². The summed E-state index contributed by atoms with van der Waals surface area (Å²) in [5.74, 6) is 0.278. The molecule has 2 heterocycles. The van der Waals surface area contributed by atoms with Crippen molar-refractivity contribution in [2.45, 2.75) is 31.4 Å². The van der Waals surface area contributed by atoms with Gasteiger partial charge < -0.3 is 14.6 Å². The maximum Gasteiger partial charge on any atom is 0.267 e. The number of nitrogens with one attached hydrogen (secondary N) is 1. The summed E-state index contributed by atoms with van der Waals surface area (Å²) in [5, 5.41) is 3.69. The van der Waals surface area contributed by atoms with Gasteiger partial charge in [0, 0.05) is 25.2 Å². The fourth-order valence-electron chi connectivity index (χ4n) is 2.94. The molecule has 6 heteroatoms. The number of fused-ring (bicyclic) bond motifs is 1. The van der Waals surface area contributed by atoms with Gasteiger partial charge in [0.1, 0.15) is 16.9 Å². The van der Waals surface area contributed by atoms with Crippen LogP contribution in [-0.4, -0.2) is 34.8 Å². The van der Waals surface area contributed by atoms with E-state index in [0.29, 0.717) is 37.4 Å². The first-order valence-corrected chi connectivity index (χ1v) is 7.50. The molecular weight excluding hydrogens is 285 g/mol. The molecule has 0 atom stereocenters. The smallest absolute Gasteiger partial charge is 0.267 e. The van der Waals surface area contributed by atoms with Crippen LogP contribution in [0.2, 0.25) is 0 Å². The van der Waals surface area contributed by atoms with Crippen molar-refractivity contribution >= 4 is 16.8 Å². The standard InChI is InChI=1S/C16H20FN3O2/c1-20-12(10-11-4-8-19-15(22-2)13(11)20)14(21)18-9-7-16(17)5-3-6-16/h4,8,10H,3,5-7,9H2,1-2H3,(H,18,21). The number of methoxy groups -OCH3 is 1. The van der Waals surface area contributed by atoms with Crippen LogP contribution in [0.25, 0.3) is 10.9 Å². The van der Waals surface area contributed by atoms with Crippen LogP contribution >= 0.6 is 0 Å². The number of carbonyl (C=O) groups is 1. The Kier molecular flexibility index (Phi) is 3.76. The van der Waals surface area contributed by atoms with E-state index in [9.17, 15) is 9.18 Å². The van der Waals surface area contributed by atoms with Crippen molar-refractivity contribution < 1.29 is 13.9 Å². The molecule has 1 aliphatic rings. The van der Waals surface area contributed by atoms with Crippen LogP contribution in [0.4, 0.5) is 4.39 Å². The minimum Gasteiger partial charge on any atom is -0.479 e. The molecular formula is C16H20FN3O2. The van der Waals surface area contributed by atoms with Crippen LogP contribution in [0.1, 0.15) is 36.2 Å². The lowest BCUT2D eigenvalue weighted by Crippen LogP contribution is -2.37. The average Bonchev–Trinajstić information content (AvgIpc) is 2.83. The molecule has 0 aromatic carbocycles. The van der Waals surface area contributed by atoms with Crippen molar-refractivity contribution in [3.63, 3.8) is 0 Å². The summed E-state index contributed by atoms with van der Waals surface area (Å²) < 4.78 is 20.9. The van der Waals surface area contributed by atoms with Crippen LogP contribution in [-0.2, 0) is 7.05 Å². The lowest BCUT2D eigenvalue weighted by molar-refractivity contribution is 0.0533. The van der Waals surface area contributed by atoms with Crippen LogP contribution in [0, 0.1) is 0 Å². The number of amides is 1. The van der Waals surface area contributed by atoms with Gasteiger partial charge in [-0.25, -0.2) is 9.37 Å². The molecule has 0 aliphatic heterocycles. The van der Waals surface area contributed by atoms with Gasteiger partial charge in [0.2, 0.25) is 5.88 Å². The first kappa shape index (κ1) is 14.8. The number of rotatable bonds is 5. The molecule has 3 rings (SSSR count). The Balaban J connectivity index is 1.75. The second-order valence-corrected chi connectivity index (χ2v) is 5.86. The number of ether oxygens (including phenoxy) is 1. The SMILES string of the molecule is COc1nccc2cc(C(=O)NCCC3(F)CCC3)n(C)c12. The maximum atomic E-state index is 13.9. The summed E-state index contributed by atoms with van der Waals surface area (Å²) in [5.41, 5.74) is 0.221. The first-order valence-electron chi connectivity index (χ1n) is 7.50. The number of alkyl halides is 1. The molecule has 0 unspecified atom stereocenters. The molecule has 1 N–H and O–H groups in total. The summed E-state index contributed by atoms with van der Waals surface area (Å²) in [4.78, 5) is 16.5. The number of hydrogen-bond acceptors (Lipinski definition) is 3. The molecule has 2 aromatic heterocycles. The van der Waals surface area contributed by atoms with Crippen LogP contribution in [0.5, 0.6) is 5.88 Å². The highest BCUT2D eigenvalue weighted by Gasteiger charge is 2.36. The van der Waals surface area contributed by atoms with E-state index in [2.05, 4.69) is 10.3 Å². The van der Waals surface area contributed by atoms with Crippen LogP contribution in [0.3, 0.4) is 0 Å². The zero-order valence-corrected chi connectivity index (χ0v) is 12.9.